The Bertz CT molecular complexity index is 1460. The molecule has 3 heterocycles. The number of benzene rings is 1. The van der Waals surface area contributed by atoms with Gasteiger partial charge in [0.15, 0.2) is 5.76 Å². The van der Waals surface area contributed by atoms with Gasteiger partial charge in [-0.2, -0.15) is 5.10 Å². The molecule has 0 spiro atoms. The van der Waals surface area contributed by atoms with Crippen LogP contribution in [-0.2, 0) is 20.4 Å². The molecule has 3 aromatic heterocycles. The molecule has 11 nitrogen and oxygen atoms in total. The van der Waals surface area contributed by atoms with Gasteiger partial charge < -0.3 is 9.73 Å². The topological polar surface area (TPSA) is 149 Å². The predicted molar refractivity (Wildman–Crippen MR) is 123 cm³/mol. The standard InChI is InChI=1S/C22H20N6O5S/c1-22(2,28-19(29)11-10-17(26-28)18-5-3-14-33-18)20(30)25-15-6-8-16(9-7-15)34(31,32)27-21-23-12-4-13-24-21/h3-14H,1-2H3,(H,25,30)(H,23,24,27). The fourth-order valence-electron chi connectivity index (χ4n) is 3.00. The van der Waals surface area contributed by atoms with E-state index in [0.29, 0.717) is 17.1 Å². The fourth-order valence-corrected chi connectivity index (χ4v) is 3.95. The Morgan fingerprint density at radius 1 is 1.00 bits per heavy atom. The molecule has 0 aliphatic carbocycles. The Balaban J connectivity index is 1.52. The van der Waals surface area contributed by atoms with Crippen LogP contribution in [0, 0.1) is 0 Å². The number of carbonyl (C=O) groups excluding carboxylic acids is 1. The molecule has 174 valence electrons. The first-order valence-corrected chi connectivity index (χ1v) is 11.5. The summed E-state index contributed by atoms with van der Waals surface area (Å²) in [7, 11) is -3.91. The van der Waals surface area contributed by atoms with Crippen LogP contribution in [0.25, 0.3) is 11.5 Å². The highest BCUT2D eigenvalue weighted by molar-refractivity contribution is 7.92. The van der Waals surface area contributed by atoms with Crippen molar-refractivity contribution >= 4 is 27.6 Å². The van der Waals surface area contributed by atoms with E-state index in [2.05, 4.69) is 25.1 Å². The van der Waals surface area contributed by atoms with Crippen molar-refractivity contribution in [1.29, 1.82) is 0 Å². The van der Waals surface area contributed by atoms with Crippen LogP contribution in [0.15, 0.2) is 87.4 Å². The molecule has 0 unspecified atom stereocenters. The number of carbonyl (C=O) groups is 1. The van der Waals surface area contributed by atoms with Crippen LogP contribution in [0.4, 0.5) is 11.6 Å². The Kier molecular flexibility index (Phi) is 5.99. The normalized spacial score (nSPS) is 11.7. The van der Waals surface area contributed by atoms with Crippen molar-refractivity contribution in [1.82, 2.24) is 19.7 Å². The number of hydrogen-bond acceptors (Lipinski definition) is 8. The summed E-state index contributed by atoms with van der Waals surface area (Å²) in [5.41, 5.74) is -1.10. The van der Waals surface area contributed by atoms with E-state index in [1.165, 1.54) is 55.1 Å². The van der Waals surface area contributed by atoms with Gasteiger partial charge in [-0.3, -0.25) is 9.59 Å². The molecule has 0 fully saturated rings. The van der Waals surface area contributed by atoms with Gasteiger partial charge >= 0.3 is 0 Å². The fraction of sp³-hybridized carbons (Fsp3) is 0.136. The summed E-state index contributed by atoms with van der Waals surface area (Å²) in [5, 5.41) is 6.97. The van der Waals surface area contributed by atoms with Crippen LogP contribution in [0.5, 0.6) is 0 Å². The molecule has 0 radical (unpaired) electrons. The first-order chi connectivity index (χ1) is 16.2. The quantitative estimate of drug-likeness (QED) is 0.410. The van der Waals surface area contributed by atoms with Crippen molar-refractivity contribution in [3.63, 3.8) is 0 Å². The van der Waals surface area contributed by atoms with E-state index >= 15 is 0 Å². The van der Waals surface area contributed by atoms with Crippen molar-refractivity contribution in [3.8, 4) is 11.5 Å². The van der Waals surface area contributed by atoms with E-state index in [1.807, 2.05) is 0 Å². The number of amides is 1. The molecule has 4 aromatic rings. The maximum atomic E-state index is 13.0. The number of nitrogens with zero attached hydrogens (tertiary/aromatic N) is 4. The van der Waals surface area contributed by atoms with Gasteiger partial charge in [-0.05, 0) is 62.4 Å². The van der Waals surface area contributed by atoms with Crippen LogP contribution < -0.4 is 15.6 Å². The van der Waals surface area contributed by atoms with E-state index < -0.39 is 27.0 Å². The van der Waals surface area contributed by atoms with E-state index in [4.69, 9.17) is 4.42 Å². The number of nitrogens with one attached hydrogen (secondary N) is 2. The molecule has 12 heteroatoms. The van der Waals surface area contributed by atoms with Crippen LogP contribution in [0.1, 0.15) is 13.8 Å². The SMILES string of the molecule is CC(C)(C(=O)Nc1ccc(S(=O)(=O)Nc2ncccn2)cc1)n1nc(-c2ccco2)ccc1=O. The number of rotatable bonds is 7. The van der Waals surface area contributed by atoms with Crippen molar-refractivity contribution < 1.29 is 17.6 Å². The summed E-state index contributed by atoms with van der Waals surface area (Å²) in [6.07, 6.45) is 4.31. The first kappa shape index (κ1) is 22.9. The largest absolute Gasteiger partial charge is 0.463 e. The number of aromatic nitrogens is 4. The Morgan fingerprint density at radius 3 is 2.35 bits per heavy atom. The lowest BCUT2D eigenvalue weighted by Gasteiger charge is -2.25. The number of furan rings is 1. The molecule has 0 saturated heterocycles. The predicted octanol–water partition coefficient (Wildman–Crippen LogP) is 2.47. The molecule has 4 rings (SSSR count). The summed E-state index contributed by atoms with van der Waals surface area (Å²) in [4.78, 5) is 33.1. The van der Waals surface area contributed by atoms with Crippen molar-refractivity contribution in [2.75, 3.05) is 10.0 Å². The molecule has 0 bridgehead atoms. The average Bonchev–Trinajstić information content (AvgIpc) is 3.35. The van der Waals surface area contributed by atoms with Gasteiger partial charge in [-0.15, -0.1) is 0 Å². The number of sulfonamides is 1. The summed E-state index contributed by atoms with van der Waals surface area (Å²) in [6.45, 7) is 3.09. The summed E-state index contributed by atoms with van der Waals surface area (Å²) >= 11 is 0. The van der Waals surface area contributed by atoms with Crippen molar-refractivity contribution in [2.24, 2.45) is 0 Å². The van der Waals surface area contributed by atoms with Gasteiger partial charge in [-0.25, -0.2) is 27.8 Å². The number of hydrogen-bond donors (Lipinski definition) is 2. The molecule has 34 heavy (non-hydrogen) atoms. The van der Waals surface area contributed by atoms with Crippen molar-refractivity contribution in [2.45, 2.75) is 24.3 Å². The van der Waals surface area contributed by atoms with Crippen LogP contribution in [-0.4, -0.2) is 34.1 Å². The minimum absolute atomic E-state index is 0.0405. The molecule has 0 atom stereocenters. The molecule has 0 saturated carbocycles. The third kappa shape index (κ3) is 4.71. The Labute approximate surface area is 194 Å². The molecule has 1 amide bonds. The third-order valence-corrected chi connectivity index (χ3v) is 6.22. The molecule has 0 aliphatic heterocycles. The lowest BCUT2D eigenvalue weighted by molar-refractivity contribution is -0.123. The Morgan fingerprint density at radius 2 is 1.71 bits per heavy atom. The van der Waals surface area contributed by atoms with Gasteiger partial charge in [0.2, 0.25) is 5.95 Å². The van der Waals surface area contributed by atoms with Gasteiger partial charge in [0, 0.05) is 24.1 Å². The summed E-state index contributed by atoms with van der Waals surface area (Å²) < 4.78 is 33.7. The zero-order chi connectivity index (χ0) is 24.3. The summed E-state index contributed by atoms with van der Waals surface area (Å²) in [6, 6.07) is 13.3. The number of anilines is 2. The molecule has 1 aromatic carbocycles. The van der Waals surface area contributed by atoms with Crippen LogP contribution in [0.3, 0.4) is 0 Å². The lowest BCUT2D eigenvalue weighted by atomic mass is 10.0. The third-order valence-electron chi connectivity index (χ3n) is 4.87. The highest BCUT2D eigenvalue weighted by atomic mass is 32.2. The van der Waals surface area contributed by atoms with Gasteiger partial charge in [0.1, 0.15) is 11.2 Å². The second-order valence-electron chi connectivity index (χ2n) is 7.66. The molecular formula is C22H20N6O5S. The second kappa shape index (κ2) is 8.90. The van der Waals surface area contributed by atoms with E-state index in [9.17, 15) is 18.0 Å². The maximum absolute atomic E-state index is 13.0. The highest BCUT2D eigenvalue weighted by Crippen LogP contribution is 2.21. The second-order valence-corrected chi connectivity index (χ2v) is 9.34. The van der Waals surface area contributed by atoms with Crippen molar-refractivity contribution in [3.05, 3.63) is 83.6 Å². The molecule has 2 N–H and O–H groups in total. The summed E-state index contributed by atoms with van der Waals surface area (Å²) in [5.74, 6) is -0.127. The molecular weight excluding hydrogens is 460 g/mol. The average molecular weight is 481 g/mol. The lowest BCUT2D eigenvalue weighted by Crippen LogP contribution is -2.47. The highest BCUT2D eigenvalue weighted by Gasteiger charge is 2.32. The monoisotopic (exact) mass is 480 g/mol. The Hall–Kier alpha value is -4.32. The van der Waals surface area contributed by atoms with E-state index in [1.54, 1.807) is 32.0 Å². The van der Waals surface area contributed by atoms with Gasteiger partial charge in [0.25, 0.3) is 21.5 Å². The van der Waals surface area contributed by atoms with Crippen LogP contribution >= 0.6 is 0 Å². The zero-order valence-electron chi connectivity index (χ0n) is 18.2. The van der Waals surface area contributed by atoms with Gasteiger partial charge in [0.05, 0.1) is 11.2 Å². The maximum Gasteiger partial charge on any atom is 0.267 e. The van der Waals surface area contributed by atoms with Crippen LogP contribution in [0.2, 0.25) is 0 Å². The zero-order valence-corrected chi connectivity index (χ0v) is 19.0. The first-order valence-electron chi connectivity index (χ1n) is 10.0. The minimum atomic E-state index is -3.91. The minimum Gasteiger partial charge on any atom is -0.463 e. The van der Waals surface area contributed by atoms with Gasteiger partial charge in [-0.1, -0.05) is 0 Å². The smallest absolute Gasteiger partial charge is 0.267 e. The van der Waals surface area contributed by atoms with E-state index in [-0.39, 0.29) is 10.8 Å². The molecule has 0 aliphatic rings. The van der Waals surface area contributed by atoms with E-state index in [0.717, 1.165) is 4.68 Å².